The van der Waals surface area contributed by atoms with E-state index in [9.17, 15) is 0 Å². The summed E-state index contributed by atoms with van der Waals surface area (Å²) < 4.78 is 1.90. The minimum atomic E-state index is 0.572. The summed E-state index contributed by atoms with van der Waals surface area (Å²) in [5.41, 5.74) is 8.85. The zero-order valence-electron chi connectivity index (χ0n) is 11.1. The number of anilines is 1. The van der Waals surface area contributed by atoms with E-state index in [1.54, 1.807) is 6.20 Å². The lowest BCUT2D eigenvalue weighted by molar-refractivity contribution is 0.603. The Bertz CT molecular complexity index is 521. The van der Waals surface area contributed by atoms with Gasteiger partial charge in [0, 0.05) is 24.0 Å². The summed E-state index contributed by atoms with van der Waals surface area (Å²) in [4.78, 5) is 8.87. The maximum absolute atomic E-state index is 5.96. The zero-order chi connectivity index (χ0) is 13.1. The van der Waals surface area contributed by atoms with Gasteiger partial charge in [0.15, 0.2) is 5.82 Å². The molecule has 0 atom stereocenters. The van der Waals surface area contributed by atoms with Crippen LogP contribution >= 0.6 is 0 Å². The van der Waals surface area contributed by atoms with Crippen molar-refractivity contribution >= 4 is 5.82 Å². The number of nitrogens with zero attached hydrogens (tertiary/aromatic N) is 4. The molecule has 0 spiro atoms. The number of nitrogens with two attached hydrogens (primary N) is 1. The fourth-order valence-electron chi connectivity index (χ4n) is 2.01. The summed E-state index contributed by atoms with van der Waals surface area (Å²) in [6.07, 6.45) is 5.66. The van der Waals surface area contributed by atoms with Gasteiger partial charge in [0.05, 0.1) is 11.8 Å². The Labute approximate surface area is 107 Å². The van der Waals surface area contributed by atoms with E-state index in [-0.39, 0.29) is 0 Å². The summed E-state index contributed by atoms with van der Waals surface area (Å²) >= 11 is 0. The molecule has 0 unspecified atom stereocenters. The number of rotatable bonds is 4. The Balaban J connectivity index is 2.38. The molecule has 0 bridgehead atoms. The molecule has 96 valence electrons. The first kappa shape index (κ1) is 12.5. The van der Waals surface area contributed by atoms with Crippen molar-refractivity contribution in [1.82, 2.24) is 19.7 Å². The molecule has 18 heavy (non-hydrogen) atoms. The zero-order valence-corrected chi connectivity index (χ0v) is 11.1. The van der Waals surface area contributed by atoms with Crippen LogP contribution in [0.2, 0.25) is 0 Å². The first-order valence-corrected chi connectivity index (χ1v) is 6.31. The van der Waals surface area contributed by atoms with Crippen LogP contribution in [0.3, 0.4) is 0 Å². The van der Waals surface area contributed by atoms with Crippen molar-refractivity contribution in [2.45, 2.75) is 40.2 Å². The van der Waals surface area contributed by atoms with Crippen LogP contribution in [0.4, 0.5) is 5.82 Å². The van der Waals surface area contributed by atoms with Crippen LogP contribution in [0.25, 0.3) is 11.4 Å². The predicted molar refractivity (Wildman–Crippen MR) is 72.1 cm³/mol. The van der Waals surface area contributed by atoms with Crippen LogP contribution < -0.4 is 5.73 Å². The summed E-state index contributed by atoms with van der Waals surface area (Å²) in [6.45, 7) is 7.05. The third-order valence-electron chi connectivity index (χ3n) is 2.94. The highest BCUT2D eigenvalue weighted by atomic mass is 15.3. The first-order chi connectivity index (χ1) is 8.65. The molecule has 0 aliphatic rings. The minimum absolute atomic E-state index is 0.572. The maximum atomic E-state index is 5.96. The molecular formula is C13H19N5. The molecule has 0 aliphatic carbocycles. The van der Waals surface area contributed by atoms with Crippen LogP contribution in [0.1, 0.15) is 31.5 Å². The van der Waals surface area contributed by atoms with Crippen molar-refractivity contribution in [2.75, 3.05) is 5.73 Å². The molecule has 5 heteroatoms. The van der Waals surface area contributed by atoms with Crippen LogP contribution in [-0.2, 0) is 13.0 Å². The fourth-order valence-corrected chi connectivity index (χ4v) is 2.01. The van der Waals surface area contributed by atoms with E-state index in [2.05, 4.69) is 28.9 Å². The van der Waals surface area contributed by atoms with Crippen molar-refractivity contribution < 1.29 is 0 Å². The lowest BCUT2D eigenvalue weighted by atomic mass is 10.1. The molecular weight excluding hydrogens is 226 g/mol. The Morgan fingerprint density at radius 2 is 2.06 bits per heavy atom. The van der Waals surface area contributed by atoms with Crippen molar-refractivity contribution in [3.05, 3.63) is 23.7 Å². The second-order valence-corrected chi connectivity index (χ2v) is 4.34. The van der Waals surface area contributed by atoms with Crippen LogP contribution in [0, 0.1) is 6.92 Å². The van der Waals surface area contributed by atoms with Crippen molar-refractivity contribution in [2.24, 2.45) is 0 Å². The number of aryl methyl sites for hydroxylation is 2. The van der Waals surface area contributed by atoms with Crippen LogP contribution in [0.15, 0.2) is 12.4 Å². The number of hydrogen-bond acceptors (Lipinski definition) is 4. The molecule has 2 aromatic heterocycles. The van der Waals surface area contributed by atoms with Crippen molar-refractivity contribution in [1.29, 1.82) is 0 Å². The van der Waals surface area contributed by atoms with Crippen LogP contribution in [-0.4, -0.2) is 19.7 Å². The smallest absolute Gasteiger partial charge is 0.164 e. The molecule has 5 nitrogen and oxygen atoms in total. The Kier molecular flexibility index (Phi) is 3.60. The molecule has 0 aliphatic heterocycles. The maximum Gasteiger partial charge on any atom is 0.164 e. The van der Waals surface area contributed by atoms with E-state index in [0.717, 1.165) is 36.2 Å². The van der Waals surface area contributed by atoms with Gasteiger partial charge >= 0.3 is 0 Å². The summed E-state index contributed by atoms with van der Waals surface area (Å²) in [5.74, 6) is 1.23. The molecule has 0 amide bonds. The van der Waals surface area contributed by atoms with Gasteiger partial charge in [-0.05, 0) is 19.8 Å². The molecule has 2 heterocycles. The van der Waals surface area contributed by atoms with E-state index < -0.39 is 0 Å². The number of nitrogen functional groups attached to an aromatic ring is 1. The highest BCUT2D eigenvalue weighted by molar-refractivity contribution is 5.57. The highest BCUT2D eigenvalue weighted by Crippen LogP contribution is 2.20. The van der Waals surface area contributed by atoms with Crippen molar-refractivity contribution in [3.63, 3.8) is 0 Å². The standard InChI is InChI=1S/C13H19N5/c1-4-6-18-8-10(7-15-18)13-16-9(3)11(5-2)12(14)17-13/h7-8H,4-6H2,1-3H3,(H2,14,16,17). The largest absolute Gasteiger partial charge is 0.383 e. The van der Waals surface area contributed by atoms with Gasteiger partial charge < -0.3 is 5.73 Å². The average Bonchev–Trinajstić information content (AvgIpc) is 2.78. The highest BCUT2D eigenvalue weighted by Gasteiger charge is 2.10. The monoisotopic (exact) mass is 245 g/mol. The lowest BCUT2D eigenvalue weighted by Gasteiger charge is -2.07. The van der Waals surface area contributed by atoms with Gasteiger partial charge in [0.25, 0.3) is 0 Å². The Morgan fingerprint density at radius 3 is 2.67 bits per heavy atom. The van der Waals surface area contributed by atoms with Gasteiger partial charge in [0.2, 0.25) is 0 Å². The Hall–Kier alpha value is -1.91. The van der Waals surface area contributed by atoms with Gasteiger partial charge in [0.1, 0.15) is 5.82 Å². The summed E-state index contributed by atoms with van der Waals surface area (Å²) in [7, 11) is 0. The summed E-state index contributed by atoms with van der Waals surface area (Å²) in [5, 5.41) is 4.28. The van der Waals surface area contributed by atoms with E-state index in [1.807, 2.05) is 17.8 Å². The Morgan fingerprint density at radius 1 is 1.28 bits per heavy atom. The fraction of sp³-hybridized carbons (Fsp3) is 0.462. The van der Waals surface area contributed by atoms with E-state index in [0.29, 0.717) is 11.6 Å². The number of hydrogen-bond donors (Lipinski definition) is 1. The molecule has 2 aromatic rings. The quantitative estimate of drug-likeness (QED) is 0.896. The molecule has 2 rings (SSSR count). The third kappa shape index (κ3) is 2.34. The second-order valence-electron chi connectivity index (χ2n) is 4.34. The van der Waals surface area contributed by atoms with Gasteiger partial charge in [-0.15, -0.1) is 0 Å². The first-order valence-electron chi connectivity index (χ1n) is 6.31. The third-order valence-corrected chi connectivity index (χ3v) is 2.94. The van der Waals surface area contributed by atoms with E-state index >= 15 is 0 Å². The van der Waals surface area contributed by atoms with E-state index in [4.69, 9.17) is 5.73 Å². The normalized spacial score (nSPS) is 10.8. The van der Waals surface area contributed by atoms with Gasteiger partial charge in [-0.3, -0.25) is 4.68 Å². The van der Waals surface area contributed by atoms with Gasteiger partial charge in [-0.25, -0.2) is 9.97 Å². The molecule has 0 aromatic carbocycles. The second kappa shape index (κ2) is 5.16. The summed E-state index contributed by atoms with van der Waals surface area (Å²) in [6, 6.07) is 0. The number of aromatic nitrogens is 4. The molecule has 0 saturated carbocycles. The lowest BCUT2D eigenvalue weighted by Crippen LogP contribution is -2.04. The van der Waals surface area contributed by atoms with E-state index in [1.165, 1.54) is 0 Å². The van der Waals surface area contributed by atoms with Crippen molar-refractivity contribution in [3.8, 4) is 11.4 Å². The molecule has 0 saturated heterocycles. The molecule has 0 fully saturated rings. The predicted octanol–water partition coefficient (Wildman–Crippen LogP) is 2.20. The minimum Gasteiger partial charge on any atom is -0.383 e. The SMILES string of the molecule is CCCn1cc(-c2nc(C)c(CC)c(N)n2)cn1. The van der Waals surface area contributed by atoms with Gasteiger partial charge in [-0.2, -0.15) is 5.10 Å². The van der Waals surface area contributed by atoms with Crippen LogP contribution in [0.5, 0.6) is 0 Å². The van der Waals surface area contributed by atoms with Gasteiger partial charge in [-0.1, -0.05) is 13.8 Å². The topological polar surface area (TPSA) is 69.6 Å². The molecule has 0 radical (unpaired) electrons. The average molecular weight is 245 g/mol. The molecule has 2 N–H and O–H groups in total.